The molecule has 1 aromatic rings. The number of halogens is 6. The number of hydrogen-bond donors (Lipinski definition) is 3. The first-order valence-electron chi connectivity index (χ1n) is 5.99. The minimum absolute atomic E-state index is 0.187. The predicted octanol–water partition coefficient (Wildman–Crippen LogP) is 2.41. The Morgan fingerprint density at radius 1 is 1.14 bits per heavy atom. The van der Waals surface area contributed by atoms with Gasteiger partial charge in [-0.2, -0.15) is 0 Å². The molecule has 4 nitrogen and oxygen atoms in total. The van der Waals surface area contributed by atoms with Crippen LogP contribution in [0.2, 0.25) is 0 Å². The number of carbonyl (C=O) groups excluding carboxylic acids is 1. The summed E-state index contributed by atoms with van der Waals surface area (Å²) >= 11 is 0. The first kappa shape index (κ1) is 17.9. The van der Waals surface area contributed by atoms with Crippen LogP contribution in [0.5, 0.6) is 0 Å². The Labute approximate surface area is 121 Å². The Bertz CT molecular complexity index is 540. The van der Waals surface area contributed by atoms with Gasteiger partial charge in [0.25, 0.3) is 6.43 Å². The highest BCUT2D eigenvalue weighted by Crippen LogP contribution is 2.31. The standard InChI is InChI=1S/C12H13F6N3O/c13-7(14)3-5(12(22)21-11(18)10(16)17)4-1-2-6(19)9(20)8(4)15/h1-2,5,7,10-11H,3,19-20H2,(H,21,22)/t5-,11?/m0/s1. The smallest absolute Gasteiger partial charge is 0.287 e. The Kier molecular flexibility index (Phi) is 5.89. The van der Waals surface area contributed by atoms with Crippen LogP contribution in [0, 0.1) is 5.82 Å². The zero-order valence-corrected chi connectivity index (χ0v) is 11.0. The lowest BCUT2D eigenvalue weighted by molar-refractivity contribution is -0.127. The van der Waals surface area contributed by atoms with Crippen molar-refractivity contribution in [3.63, 3.8) is 0 Å². The molecule has 0 saturated heterocycles. The van der Waals surface area contributed by atoms with Gasteiger partial charge in [0, 0.05) is 12.0 Å². The molecular weight excluding hydrogens is 316 g/mol. The summed E-state index contributed by atoms with van der Waals surface area (Å²) in [6.45, 7) is 0. The predicted molar refractivity (Wildman–Crippen MR) is 67.6 cm³/mol. The largest absolute Gasteiger partial charge is 0.397 e. The molecule has 0 aliphatic carbocycles. The number of nitrogens with two attached hydrogens (primary N) is 2. The maximum absolute atomic E-state index is 13.9. The van der Waals surface area contributed by atoms with Crippen molar-refractivity contribution >= 4 is 17.3 Å². The highest BCUT2D eigenvalue weighted by atomic mass is 19.3. The van der Waals surface area contributed by atoms with Gasteiger partial charge >= 0.3 is 0 Å². The number of nitrogens with one attached hydrogen (secondary N) is 1. The second kappa shape index (κ2) is 7.23. The van der Waals surface area contributed by atoms with E-state index in [9.17, 15) is 31.1 Å². The summed E-state index contributed by atoms with van der Waals surface area (Å²) in [6.07, 6.45) is -10.8. The van der Waals surface area contributed by atoms with Crippen LogP contribution in [-0.4, -0.2) is 25.1 Å². The number of nitrogen functional groups attached to an aromatic ring is 2. The number of anilines is 2. The lowest BCUT2D eigenvalue weighted by atomic mass is 9.93. The van der Waals surface area contributed by atoms with Gasteiger partial charge in [0.2, 0.25) is 18.6 Å². The van der Waals surface area contributed by atoms with Crippen molar-refractivity contribution < 1.29 is 31.1 Å². The van der Waals surface area contributed by atoms with E-state index in [4.69, 9.17) is 11.5 Å². The number of carbonyl (C=O) groups is 1. The minimum atomic E-state index is -3.54. The van der Waals surface area contributed by atoms with E-state index in [1.54, 1.807) is 0 Å². The van der Waals surface area contributed by atoms with Gasteiger partial charge in [-0.1, -0.05) is 6.07 Å². The van der Waals surface area contributed by atoms with Crippen LogP contribution >= 0.6 is 0 Å². The highest BCUT2D eigenvalue weighted by molar-refractivity contribution is 5.84. The van der Waals surface area contributed by atoms with Crippen LogP contribution in [0.25, 0.3) is 0 Å². The molecule has 0 heterocycles. The molecule has 0 aliphatic heterocycles. The number of benzene rings is 1. The molecular formula is C12H13F6N3O. The van der Waals surface area contributed by atoms with Crippen molar-refractivity contribution in [2.45, 2.75) is 31.5 Å². The van der Waals surface area contributed by atoms with Gasteiger partial charge in [-0.05, 0) is 6.07 Å². The third kappa shape index (κ3) is 4.18. The van der Waals surface area contributed by atoms with Gasteiger partial charge < -0.3 is 16.8 Å². The second-order valence-electron chi connectivity index (χ2n) is 4.40. The fraction of sp³-hybridized carbons (Fsp3) is 0.417. The van der Waals surface area contributed by atoms with Gasteiger partial charge in [-0.3, -0.25) is 4.79 Å². The Morgan fingerprint density at radius 3 is 2.23 bits per heavy atom. The zero-order valence-electron chi connectivity index (χ0n) is 11.0. The maximum atomic E-state index is 13.9. The summed E-state index contributed by atoms with van der Waals surface area (Å²) in [6, 6.07) is 1.99. The molecule has 2 atom stereocenters. The second-order valence-corrected chi connectivity index (χ2v) is 4.40. The van der Waals surface area contributed by atoms with Crippen LogP contribution in [0.3, 0.4) is 0 Å². The van der Waals surface area contributed by atoms with Crippen molar-refractivity contribution in [3.8, 4) is 0 Å². The number of alkyl halides is 5. The van der Waals surface area contributed by atoms with E-state index >= 15 is 0 Å². The van der Waals surface area contributed by atoms with E-state index < -0.39 is 54.5 Å². The summed E-state index contributed by atoms with van der Waals surface area (Å²) in [5.41, 5.74) is 9.26. The number of hydrogen-bond acceptors (Lipinski definition) is 3. The first-order valence-corrected chi connectivity index (χ1v) is 5.99. The molecule has 124 valence electrons. The Morgan fingerprint density at radius 2 is 1.73 bits per heavy atom. The Hall–Kier alpha value is -2.13. The lowest BCUT2D eigenvalue weighted by Gasteiger charge is -2.20. The van der Waals surface area contributed by atoms with E-state index in [2.05, 4.69) is 0 Å². The molecule has 0 spiro atoms. The van der Waals surface area contributed by atoms with Gasteiger partial charge in [-0.15, -0.1) is 0 Å². The Balaban J connectivity index is 3.13. The molecule has 1 aromatic carbocycles. The molecule has 0 aliphatic rings. The fourth-order valence-corrected chi connectivity index (χ4v) is 1.75. The SMILES string of the molecule is Nc1ccc([C@H](CC(F)F)C(=O)NC(F)C(F)F)c(F)c1N. The first-order chi connectivity index (χ1) is 10.1. The van der Waals surface area contributed by atoms with Crippen molar-refractivity contribution in [1.82, 2.24) is 5.32 Å². The van der Waals surface area contributed by atoms with Gasteiger partial charge in [0.05, 0.1) is 17.3 Å². The van der Waals surface area contributed by atoms with Crippen LogP contribution < -0.4 is 16.8 Å². The number of amides is 1. The molecule has 0 aromatic heterocycles. The summed E-state index contributed by atoms with van der Waals surface area (Å²) in [7, 11) is 0. The minimum Gasteiger partial charge on any atom is -0.397 e. The molecule has 0 radical (unpaired) electrons. The third-order valence-corrected chi connectivity index (χ3v) is 2.85. The molecule has 5 N–H and O–H groups in total. The van der Waals surface area contributed by atoms with E-state index in [-0.39, 0.29) is 5.69 Å². The monoisotopic (exact) mass is 329 g/mol. The van der Waals surface area contributed by atoms with Crippen LogP contribution in [-0.2, 0) is 4.79 Å². The van der Waals surface area contributed by atoms with Crippen LogP contribution in [0.15, 0.2) is 12.1 Å². The summed E-state index contributed by atoms with van der Waals surface area (Å²) < 4.78 is 76.0. The molecule has 0 fully saturated rings. The van der Waals surface area contributed by atoms with Crippen molar-refractivity contribution in [1.29, 1.82) is 0 Å². The third-order valence-electron chi connectivity index (χ3n) is 2.85. The van der Waals surface area contributed by atoms with E-state index in [1.165, 1.54) is 5.32 Å². The maximum Gasteiger partial charge on any atom is 0.287 e. The average Bonchev–Trinajstić information content (AvgIpc) is 2.42. The normalized spacial score (nSPS) is 14.2. The van der Waals surface area contributed by atoms with Crippen molar-refractivity contribution in [2.24, 2.45) is 0 Å². The molecule has 10 heteroatoms. The van der Waals surface area contributed by atoms with E-state index in [0.717, 1.165) is 12.1 Å². The zero-order chi connectivity index (χ0) is 17.0. The molecule has 1 unspecified atom stereocenters. The quantitative estimate of drug-likeness (QED) is 0.426. The summed E-state index contributed by atoms with van der Waals surface area (Å²) in [4.78, 5) is 11.7. The molecule has 0 bridgehead atoms. The highest BCUT2D eigenvalue weighted by Gasteiger charge is 2.31. The number of rotatable bonds is 6. The lowest BCUT2D eigenvalue weighted by Crippen LogP contribution is -2.40. The van der Waals surface area contributed by atoms with Crippen molar-refractivity contribution in [3.05, 3.63) is 23.5 Å². The van der Waals surface area contributed by atoms with Crippen LogP contribution in [0.1, 0.15) is 17.9 Å². The van der Waals surface area contributed by atoms with E-state index in [0.29, 0.717) is 0 Å². The topological polar surface area (TPSA) is 81.1 Å². The van der Waals surface area contributed by atoms with Crippen molar-refractivity contribution in [2.75, 3.05) is 11.5 Å². The molecule has 0 saturated carbocycles. The molecule has 1 rings (SSSR count). The van der Waals surface area contributed by atoms with Gasteiger partial charge in [0.15, 0.2) is 5.82 Å². The summed E-state index contributed by atoms with van der Waals surface area (Å²) in [5, 5.41) is 1.22. The van der Waals surface area contributed by atoms with Crippen LogP contribution in [0.4, 0.5) is 37.7 Å². The van der Waals surface area contributed by atoms with Gasteiger partial charge in [-0.25, -0.2) is 26.3 Å². The average molecular weight is 329 g/mol. The van der Waals surface area contributed by atoms with Gasteiger partial charge in [0.1, 0.15) is 0 Å². The molecule has 22 heavy (non-hydrogen) atoms. The molecule has 1 amide bonds. The fourth-order valence-electron chi connectivity index (χ4n) is 1.75. The van der Waals surface area contributed by atoms with E-state index in [1.807, 2.05) is 0 Å². The summed E-state index contributed by atoms with van der Waals surface area (Å²) in [5.74, 6) is -4.62.